The monoisotopic (exact) mass is 448 g/mol. The minimum atomic E-state index is -2.00. The van der Waals surface area contributed by atoms with Gasteiger partial charge in [-0.3, -0.25) is 14.4 Å². The number of aliphatic hydroxyl groups is 2. The Morgan fingerprint density at radius 2 is 1.97 bits per heavy atom. The van der Waals surface area contributed by atoms with Crippen molar-refractivity contribution in [2.75, 3.05) is 6.61 Å². The topological polar surface area (TPSA) is 101 Å². The van der Waals surface area contributed by atoms with Crippen molar-refractivity contribution in [3.8, 4) is 0 Å². The van der Waals surface area contributed by atoms with Crippen molar-refractivity contribution in [1.82, 2.24) is 0 Å². The van der Waals surface area contributed by atoms with Gasteiger partial charge in [-0.05, 0) is 63.5 Å². The third kappa shape index (κ3) is 2.93. The number of hydrogen-bond acceptors (Lipinski definition) is 6. The standard InChI is InChI=1S/C25H33FO6/c1-4-5-21(30)32-14-20(29)24(31)11-9-17-18-7-6-15-12-16(27)8-10-22(15,2)25(18,26)19(28)13-23(17,24)3/h8,10,12,17-19,28,31H,4-7,9,11,13-14H2,1-3H3/t17-,18-,19?,22-,23-,24-,25-/m0/s1. The highest BCUT2D eigenvalue weighted by molar-refractivity contribution is 6.01. The number of allylic oxidation sites excluding steroid dienone is 4. The van der Waals surface area contributed by atoms with Crippen molar-refractivity contribution in [3.63, 3.8) is 0 Å². The molecular weight excluding hydrogens is 415 g/mol. The van der Waals surface area contributed by atoms with E-state index in [-0.39, 0.29) is 31.0 Å². The van der Waals surface area contributed by atoms with Crippen LogP contribution in [0.1, 0.15) is 65.7 Å². The first-order valence-corrected chi connectivity index (χ1v) is 11.7. The van der Waals surface area contributed by atoms with Crippen LogP contribution in [0, 0.1) is 22.7 Å². The fourth-order valence-corrected chi connectivity index (χ4v) is 7.22. The van der Waals surface area contributed by atoms with Gasteiger partial charge in [-0.2, -0.15) is 0 Å². The molecule has 7 heteroatoms. The van der Waals surface area contributed by atoms with Crippen molar-refractivity contribution in [1.29, 1.82) is 0 Å². The molecule has 0 radical (unpaired) electrons. The zero-order chi connectivity index (χ0) is 23.5. The number of esters is 1. The van der Waals surface area contributed by atoms with E-state index in [0.717, 1.165) is 0 Å². The summed E-state index contributed by atoms with van der Waals surface area (Å²) in [6.45, 7) is 4.80. The molecule has 3 saturated carbocycles. The molecule has 4 rings (SSSR count). The number of ketones is 2. The molecule has 0 aliphatic heterocycles. The van der Waals surface area contributed by atoms with E-state index >= 15 is 4.39 Å². The minimum Gasteiger partial charge on any atom is -0.458 e. The number of rotatable bonds is 5. The molecule has 0 amide bonds. The van der Waals surface area contributed by atoms with Crippen molar-refractivity contribution < 1.29 is 33.7 Å². The van der Waals surface area contributed by atoms with Crippen molar-refractivity contribution in [2.24, 2.45) is 22.7 Å². The molecule has 0 aromatic carbocycles. The molecular formula is C25H33FO6. The van der Waals surface area contributed by atoms with Gasteiger partial charge in [0.25, 0.3) is 0 Å². The van der Waals surface area contributed by atoms with Gasteiger partial charge in [0.15, 0.2) is 18.1 Å². The van der Waals surface area contributed by atoms with Gasteiger partial charge in [0.2, 0.25) is 5.78 Å². The lowest BCUT2D eigenvalue weighted by molar-refractivity contribution is -0.217. The molecule has 4 aliphatic carbocycles. The molecule has 0 bridgehead atoms. The van der Waals surface area contributed by atoms with Crippen molar-refractivity contribution in [3.05, 3.63) is 23.8 Å². The van der Waals surface area contributed by atoms with Crippen LogP contribution in [-0.2, 0) is 19.1 Å². The van der Waals surface area contributed by atoms with Crippen LogP contribution >= 0.6 is 0 Å². The number of aliphatic hydroxyl groups excluding tert-OH is 1. The zero-order valence-electron chi connectivity index (χ0n) is 19.0. The quantitative estimate of drug-likeness (QED) is 0.627. The van der Waals surface area contributed by atoms with Crippen LogP contribution < -0.4 is 0 Å². The lowest BCUT2D eigenvalue weighted by Gasteiger charge is -2.62. The number of carbonyl (C=O) groups is 3. The van der Waals surface area contributed by atoms with Gasteiger partial charge in [-0.1, -0.05) is 25.5 Å². The van der Waals surface area contributed by atoms with E-state index in [2.05, 4.69) is 0 Å². The molecule has 176 valence electrons. The number of Topliss-reactive ketones (excluding diaryl/α,β-unsaturated/α-hetero) is 1. The molecule has 7 atom stereocenters. The molecule has 32 heavy (non-hydrogen) atoms. The molecule has 2 N–H and O–H groups in total. The van der Waals surface area contributed by atoms with Crippen LogP contribution in [0.4, 0.5) is 4.39 Å². The fourth-order valence-electron chi connectivity index (χ4n) is 7.22. The smallest absolute Gasteiger partial charge is 0.306 e. The maximum atomic E-state index is 17.0. The first-order valence-electron chi connectivity index (χ1n) is 11.7. The predicted molar refractivity (Wildman–Crippen MR) is 114 cm³/mol. The van der Waals surface area contributed by atoms with Gasteiger partial charge < -0.3 is 14.9 Å². The number of alkyl halides is 1. The molecule has 1 unspecified atom stereocenters. The minimum absolute atomic E-state index is 0.0829. The SMILES string of the molecule is CCCC(=O)OCC(=O)[C@@]1(O)CC[C@H]2[C@@H]3CCC4=CC(=O)C=C[C@]4(C)[C@@]3(F)C(O)C[C@@]21C. The second-order valence-electron chi connectivity index (χ2n) is 10.5. The summed E-state index contributed by atoms with van der Waals surface area (Å²) in [6, 6.07) is 0. The number of ether oxygens (including phenoxy) is 1. The second-order valence-corrected chi connectivity index (χ2v) is 10.5. The van der Waals surface area contributed by atoms with E-state index < -0.39 is 52.5 Å². The van der Waals surface area contributed by atoms with Gasteiger partial charge in [0.05, 0.1) is 6.10 Å². The van der Waals surface area contributed by atoms with Gasteiger partial charge in [-0.15, -0.1) is 0 Å². The van der Waals surface area contributed by atoms with E-state index in [1.807, 2.05) is 6.92 Å². The Bertz CT molecular complexity index is 910. The average molecular weight is 449 g/mol. The summed E-state index contributed by atoms with van der Waals surface area (Å²) in [4.78, 5) is 36.7. The van der Waals surface area contributed by atoms with Crippen LogP contribution in [0.5, 0.6) is 0 Å². The number of carbonyl (C=O) groups excluding carboxylic acids is 3. The fraction of sp³-hybridized carbons (Fsp3) is 0.720. The van der Waals surface area contributed by atoms with Gasteiger partial charge in [0.1, 0.15) is 5.60 Å². The van der Waals surface area contributed by atoms with E-state index in [9.17, 15) is 24.6 Å². The van der Waals surface area contributed by atoms with E-state index in [1.165, 1.54) is 12.2 Å². The molecule has 4 aliphatic rings. The van der Waals surface area contributed by atoms with E-state index in [0.29, 0.717) is 31.3 Å². The predicted octanol–water partition coefficient (Wildman–Crippen LogP) is 3.00. The van der Waals surface area contributed by atoms with Crippen LogP contribution in [-0.4, -0.2) is 51.7 Å². The molecule has 3 fully saturated rings. The summed E-state index contributed by atoms with van der Waals surface area (Å²) in [6.07, 6.45) is 5.29. The summed E-state index contributed by atoms with van der Waals surface area (Å²) < 4.78 is 22.0. The Kier molecular flexibility index (Phi) is 5.53. The third-order valence-corrected chi connectivity index (χ3v) is 9.07. The maximum absolute atomic E-state index is 17.0. The summed E-state index contributed by atoms with van der Waals surface area (Å²) in [5.41, 5.74) is -5.24. The van der Waals surface area contributed by atoms with Gasteiger partial charge in [0, 0.05) is 23.2 Å². The zero-order valence-corrected chi connectivity index (χ0v) is 19.0. The molecule has 0 spiro atoms. The molecule has 0 aromatic rings. The highest BCUT2D eigenvalue weighted by Crippen LogP contribution is 2.69. The number of fused-ring (bicyclic) bond motifs is 5. The van der Waals surface area contributed by atoms with E-state index in [1.54, 1.807) is 19.9 Å². The molecule has 0 heterocycles. The molecule has 6 nitrogen and oxygen atoms in total. The number of halogens is 1. The lowest BCUT2D eigenvalue weighted by Crippen LogP contribution is -2.69. The lowest BCUT2D eigenvalue weighted by atomic mass is 9.44. The first-order chi connectivity index (χ1) is 14.9. The first kappa shape index (κ1) is 23.3. The molecule has 0 aromatic heterocycles. The summed E-state index contributed by atoms with van der Waals surface area (Å²) in [5, 5.41) is 22.8. The summed E-state index contributed by atoms with van der Waals surface area (Å²) in [7, 11) is 0. The number of hydrogen-bond donors (Lipinski definition) is 2. The summed E-state index contributed by atoms with van der Waals surface area (Å²) in [5.74, 6) is -2.14. The van der Waals surface area contributed by atoms with Crippen LogP contribution in [0.25, 0.3) is 0 Å². The highest BCUT2D eigenvalue weighted by Gasteiger charge is 2.74. The Hall–Kier alpha value is -1.86. The van der Waals surface area contributed by atoms with Crippen LogP contribution in [0.3, 0.4) is 0 Å². The van der Waals surface area contributed by atoms with Gasteiger partial charge in [-0.25, -0.2) is 4.39 Å². The average Bonchev–Trinajstić information content (AvgIpc) is 3.00. The Morgan fingerprint density at radius 3 is 2.66 bits per heavy atom. The Morgan fingerprint density at radius 1 is 1.25 bits per heavy atom. The normalized spacial score (nSPS) is 44.9. The third-order valence-electron chi connectivity index (χ3n) is 9.07. The summed E-state index contributed by atoms with van der Waals surface area (Å²) >= 11 is 0. The van der Waals surface area contributed by atoms with E-state index in [4.69, 9.17) is 4.74 Å². The second kappa shape index (κ2) is 7.59. The van der Waals surface area contributed by atoms with Gasteiger partial charge >= 0.3 is 5.97 Å². The largest absolute Gasteiger partial charge is 0.458 e. The van der Waals surface area contributed by atoms with Crippen molar-refractivity contribution >= 4 is 17.5 Å². The maximum Gasteiger partial charge on any atom is 0.306 e. The Balaban J connectivity index is 1.65. The van der Waals surface area contributed by atoms with Crippen LogP contribution in [0.15, 0.2) is 23.8 Å². The van der Waals surface area contributed by atoms with Crippen molar-refractivity contribution in [2.45, 2.75) is 83.1 Å². The molecule has 0 saturated heterocycles. The highest BCUT2D eigenvalue weighted by atomic mass is 19.1. The Labute approximate surface area is 187 Å². The van der Waals surface area contributed by atoms with Crippen LogP contribution in [0.2, 0.25) is 0 Å².